The first kappa shape index (κ1) is 16.2. The number of nitrogens with zero attached hydrogens (tertiary/aromatic N) is 3. The Hall–Kier alpha value is -2.28. The molecule has 3 heterocycles. The predicted molar refractivity (Wildman–Crippen MR) is 90.7 cm³/mol. The second-order valence-corrected chi connectivity index (χ2v) is 6.72. The van der Waals surface area contributed by atoms with Crippen molar-refractivity contribution in [1.82, 2.24) is 14.7 Å². The van der Waals surface area contributed by atoms with Crippen molar-refractivity contribution < 1.29 is 19.1 Å². The summed E-state index contributed by atoms with van der Waals surface area (Å²) < 4.78 is 10.6. The molecule has 1 aromatic rings. The number of piperazine rings is 1. The van der Waals surface area contributed by atoms with Crippen LogP contribution in [0.4, 0.5) is 0 Å². The summed E-state index contributed by atoms with van der Waals surface area (Å²) in [5.41, 5.74) is 0.617. The van der Waals surface area contributed by atoms with Crippen molar-refractivity contribution in [2.24, 2.45) is 0 Å². The summed E-state index contributed by atoms with van der Waals surface area (Å²) in [7, 11) is 0. The van der Waals surface area contributed by atoms with E-state index in [1.807, 2.05) is 9.80 Å². The van der Waals surface area contributed by atoms with Gasteiger partial charge in [-0.15, -0.1) is 0 Å². The molecule has 0 unspecified atom stereocenters. The quantitative estimate of drug-likeness (QED) is 0.811. The van der Waals surface area contributed by atoms with Crippen LogP contribution in [0.15, 0.2) is 18.2 Å². The van der Waals surface area contributed by atoms with Gasteiger partial charge < -0.3 is 19.3 Å². The summed E-state index contributed by atoms with van der Waals surface area (Å²) >= 11 is 0. The lowest BCUT2D eigenvalue weighted by Gasteiger charge is -2.35. The summed E-state index contributed by atoms with van der Waals surface area (Å²) in [5, 5.41) is 0. The van der Waals surface area contributed by atoms with Crippen LogP contribution in [0.5, 0.6) is 11.5 Å². The highest BCUT2D eigenvalue weighted by molar-refractivity contribution is 5.95. The molecule has 1 aromatic carbocycles. The molecule has 134 valence electrons. The number of benzene rings is 1. The Morgan fingerprint density at radius 1 is 0.880 bits per heavy atom. The van der Waals surface area contributed by atoms with E-state index in [-0.39, 0.29) is 18.6 Å². The third-order valence-electron chi connectivity index (χ3n) is 5.10. The molecule has 2 saturated heterocycles. The third kappa shape index (κ3) is 3.42. The van der Waals surface area contributed by atoms with Crippen molar-refractivity contribution in [1.29, 1.82) is 0 Å². The number of carbonyl (C=O) groups is 2. The number of ether oxygens (including phenoxy) is 2. The normalized spacial score (nSPS) is 20.2. The Labute approximate surface area is 147 Å². The second-order valence-electron chi connectivity index (χ2n) is 6.72. The maximum atomic E-state index is 12.7. The van der Waals surface area contributed by atoms with Crippen LogP contribution in [0.25, 0.3) is 0 Å². The monoisotopic (exact) mass is 345 g/mol. The summed E-state index contributed by atoms with van der Waals surface area (Å²) in [5.74, 6) is 1.53. The Balaban J connectivity index is 1.30. The number of amides is 2. The van der Waals surface area contributed by atoms with Crippen molar-refractivity contribution in [3.8, 4) is 11.5 Å². The molecule has 2 amide bonds. The lowest BCUT2D eigenvalue weighted by molar-refractivity contribution is -0.131. The maximum Gasteiger partial charge on any atom is 0.254 e. The van der Waals surface area contributed by atoms with Gasteiger partial charge in [0.05, 0.1) is 6.54 Å². The van der Waals surface area contributed by atoms with Gasteiger partial charge in [-0.2, -0.15) is 0 Å². The average molecular weight is 345 g/mol. The highest BCUT2D eigenvalue weighted by Crippen LogP contribution is 2.32. The van der Waals surface area contributed by atoms with Crippen molar-refractivity contribution >= 4 is 11.8 Å². The zero-order valence-corrected chi connectivity index (χ0v) is 14.3. The molecule has 0 saturated carbocycles. The largest absolute Gasteiger partial charge is 0.454 e. The number of rotatable bonds is 3. The van der Waals surface area contributed by atoms with E-state index >= 15 is 0 Å². The SMILES string of the molecule is O=C(CN1CCN(C(=O)c2ccc3c(c2)OCO3)CC1)N1CCCC1. The topological polar surface area (TPSA) is 62.3 Å². The van der Waals surface area contributed by atoms with E-state index in [2.05, 4.69) is 4.90 Å². The second kappa shape index (κ2) is 6.92. The van der Waals surface area contributed by atoms with Gasteiger partial charge in [-0.3, -0.25) is 14.5 Å². The summed E-state index contributed by atoms with van der Waals surface area (Å²) in [4.78, 5) is 30.8. The van der Waals surface area contributed by atoms with Crippen LogP contribution in [0, 0.1) is 0 Å². The zero-order chi connectivity index (χ0) is 17.2. The molecule has 7 nitrogen and oxygen atoms in total. The summed E-state index contributed by atoms with van der Waals surface area (Å²) in [6.07, 6.45) is 2.23. The Morgan fingerprint density at radius 2 is 1.60 bits per heavy atom. The minimum atomic E-state index is 0.00354. The molecule has 0 spiro atoms. The Bertz CT molecular complexity index is 664. The van der Waals surface area contributed by atoms with Gasteiger partial charge in [0.25, 0.3) is 5.91 Å². The summed E-state index contributed by atoms with van der Waals surface area (Å²) in [6, 6.07) is 5.30. The van der Waals surface area contributed by atoms with Gasteiger partial charge in [0.2, 0.25) is 12.7 Å². The minimum Gasteiger partial charge on any atom is -0.454 e. The number of fused-ring (bicyclic) bond motifs is 1. The lowest BCUT2D eigenvalue weighted by atomic mass is 10.1. The zero-order valence-electron chi connectivity index (χ0n) is 14.3. The average Bonchev–Trinajstić information content (AvgIpc) is 3.32. The highest BCUT2D eigenvalue weighted by Gasteiger charge is 2.26. The minimum absolute atomic E-state index is 0.00354. The highest BCUT2D eigenvalue weighted by atomic mass is 16.7. The molecule has 2 fully saturated rings. The molecular weight excluding hydrogens is 322 g/mol. The van der Waals surface area contributed by atoms with E-state index in [0.717, 1.165) is 39.0 Å². The molecule has 0 atom stereocenters. The van der Waals surface area contributed by atoms with Gasteiger partial charge in [0.1, 0.15) is 0 Å². The molecule has 0 radical (unpaired) electrons. The molecule has 3 aliphatic rings. The van der Waals surface area contributed by atoms with Crippen LogP contribution < -0.4 is 9.47 Å². The third-order valence-corrected chi connectivity index (χ3v) is 5.10. The Morgan fingerprint density at radius 3 is 2.36 bits per heavy atom. The van der Waals surface area contributed by atoms with Gasteiger partial charge in [-0.05, 0) is 31.0 Å². The molecular formula is C18H23N3O4. The van der Waals surface area contributed by atoms with E-state index in [4.69, 9.17) is 9.47 Å². The smallest absolute Gasteiger partial charge is 0.254 e. The van der Waals surface area contributed by atoms with Crippen molar-refractivity contribution in [2.75, 3.05) is 52.6 Å². The van der Waals surface area contributed by atoms with E-state index in [1.54, 1.807) is 18.2 Å². The fourth-order valence-electron chi connectivity index (χ4n) is 3.58. The summed E-state index contributed by atoms with van der Waals surface area (Å²) in [6.45, 7) is 5.19. The van der Waals surface area contributed by atoms with E-state index < -0.39 is 0 Å². The number of likely N-dealkylation sites (tertiary alicyclic amines) is 1. The molecule has 0 bridgehead atoms. The number of hydrogen-bond acceptors (Lipinski definition) is 5. The molecule has 0 N–H and O–H groups in total. The standard InChI is InChI=1S/C18H23N3O4/c22-17(20-5-1-2-6-20)12-19-7-9-21(10-8-19)18(23)14-3-4-15-16(11-14)25-13-24-15/h3-4,11H,1-2,5-10,12-13H2. The predicted octanol–water partition coefficient (Wildman–Crippen LogP) is 0.795. The molecule has 0 aromatic heterocycles. The van der Waals surface area contributed by atoms with Gasteiger partial charge >= 0.3 is 0 Å². The number of hydrogen-bond donors (Lipinski definition) is 0. The lowest BCUT2D eigenvalue weighted by Crippen LogP contribution is -2.51. The van der Waals surface area contributed by atoms with Gasteiger partial charge in [0, 0.05) is 44.8 Å². The van der Waals surface area contributed by atoms with Gasteiger partial charge in [-0.25, -0.2) is 0 Å². The first-order valence-corrected chi connectivity index (χ1v) is 8.90. The maximum absolute atomic E-state index is 12.7. The molecule has 3 aliphatic heterocycles. The number of carbonyl (C=O) groups excluding carboxylic acids is 2. The van der Waals surface area contributed by atoms with E-state index in [0.29, 0.717) is 36.7 Å². The van der Waals surface area contributed by atoms with Crippen LogP contribution >= 0.6 is 0 Å². The van der Waals surface area contributed by atoms with E-state index in [9.17, 15) is 9.59 Å². The molecule has 25 heavy (non-hydrogen) atoms. The molecule has 0 aliphatic carbocycles. The van der Waals surface area contributed by atoms with Crippen LogP contribution in [-0.2, 0) is 4.79 Å². The van der Waals surface area contributed by atoms with E-state index in [1.165, 1.54) is 0 Å². The first-order chi connectivity index (χ1) is 12.2. The van der Waals surface area contributed by atoms with Crippen molar-refractivity contribution in [3.05, 3.63) is 23.8 Å². The van der Waals surface area contributed by atoms with Gasteiger partial charge in [0.15, 0.2) is 11.5 Å². The molecule has 7 heteroatoms. The van der Waals surface area contributed by atoms with Crippen LogP contribution in [0.1, 0.15) is 23.2 Å². The van der Waals surface area contributed by atoms with Crippen molar-refractivity contribution in [3.63, 3.8) is 0 Å². The van der Waals surface area contributed by atoms with Crippen LogP contribution in [0.2, 0.25) is 0 Å². The first-order valence-electron chi connectivity index (χ1n) is 8.90. The van der Waals surface area contributed by atoms with Gasteiger partial charge in [-0.1, -0.05) is 0 Å². The van der Waals surface area contributed by atoms with Crippen molar-refractivity contribution in [2.45, 2.75) is 12.8 Å². The fraction of sp³-hybridized carbons (Fsp3) is 0.556. The van der Waals surface area contributed by atoms with Crippen LogP contribution in [-0.4, -0.2) is 79.1 Å². The fourth-order valence-corrected chi connectivity index (χ4v) is 3.58. The molecule has 4 rings (SSSR count). The van der Waals surface area contributed by atoms with Crippen LogP contribution in [0.3, 0.4) is 0 Å². The Kier molecular flexibility index (Phi) is 4.48.